The second-order valence-electron chi connectivity index (χ2n) is 4.83. The van der Waals surface area contributed by atoms with Crippen LogP contribution >= 0.6 is 7.92 Å². The lowest BCUT2D eigenvalue weighted by atomic mass is 10.3. The number of rotatable bonds is 4. The van der Waals surface area contributed by atoms with E-state index in [1.165, 1.54) is 17.7 Å². The fourth-order valence-corrected chi connectivity index (χ4v) is 4.70. The zero-order valence-corrected chi connectivity index (χ0v) is 13.1. The number of benzene rings is 3. The highest BCUT2D eigenvalue weighted by atomic mass is 31.1. The van der Waals surface area contributed by atoms with Gasteiger partial charge in [0.2, 0.25) is 0 Å². The van der Waals surface area contributed by atoms with Crippen molar-refractivity contribution >= 4 is 23.8 Å². The lowest BCUT2D eigenvalue weighted by molar-refractivity contribution is 0.387. The van der Waals surface area contributed by atoms with E-state index in [2.05, 4.69) is 24.3 Å². The van der Waals surface area contributed by atoms with Crippen LogP contribution in [0.3, 0.4) is 0 Å². The van der Waals surface area contributed by atoms with Crippen molar-refractivity contribution in [2.45, 2.75) is 0 Å². The van der Waals surface area contributed by atoms with E-state index < -0.39 is 7.92 Å². The maximum Gasteiger partial charge on any atom is 0.165 e. The lowest BCUT2D eigenvalue weighted by Crippen LogP contribution is -2.20. The Kier molecular flexibility index (Phi) is 4.50. The van der Waals surface area contributed by atoms with Crippen molar-refractivity contribution in [1.29, 1.82) is 0 Å². The fourth-order valence-electron chi connectivity index (χ4n) is 2.40. The highest BCUT2D eigenvalue weighted by Crippen LogP contribution is 2.33. The molecule has 0 N–H and O–H groups in total. The Morgan fingerprint density at radius 1 is 0.727 bits per heavy atom. The smallest absolute Gasteiger partial charge is 0.165 e. The van der Waals surface area contributed by atoms with E-state index in [4.69, 9.17) is 4.74 Å². The van der Waals surface area contributed by atoms with Gasteiger partial charge in [0.05, 0.1) is 7.11 Å². The van der Waals surface area contributed by atoms with Crippen molar-refractivity contribution in [3.63, 3.8) is 0 Å². The topological polar surface area (TPSA) is 9.23 Å². The van der Waals surface area contributed by atoms with Gasteiger partial charge in [-0.15, -0.1) is 0 Å². The van der Waals surface area contributed by atoms with Crippen molar-refractivity contribution in [3.05, 3.63) is 84.7 Å². The summed E-state index contributed by atoms with van der Waals surface area (Å²) in [6, 6.07) is 25.7. The normalized spacial score (nSPS) is 10.7. The molecule has 3 aromatic carbocycles. The monoisotopic (exact) mass is 310 g/mol. The Morgan fingerprint density at radius 2 is 1.27 bits per heavy atom. The molecule has 0 fully saturated rings. The van der Waals surface area contributed by atoms with E-state index in [0.29, 0.717) is 0 Å². The van der Waals surface area contributed by atoms with Crippen molar-refractivity contribution in [2.24, 2.45) is 0 Å². The molecule has 0 aromatic heterocycles. The second-order valence-corrected chi connectivity index (χ2v) is 7.05. The second kappa shape index (κ2) is 6.72. The van der Waals surface area contributed by atoms with E-state index in [9.17, 15) is 4.39 Å². The van der Waals surface area contributed by atoms with Gasteiger partial charge < -0.3 is 4.74 Å². The summed E-state index contributed by atoms with van der Waals surface area (Å²) >= 11 is 0. The van der Waals surface area contributed by atoms with E-state index in [-0.39, 0.29) is 11.6 Å². The number of halogens is 1. The quantitative estimate of drug-likeness (QED) is 0.669. The SMILES string of the molecule is COc1ccc(P(c2ccccc2)c2ccccc2)cc1F. The highest BCUT2D eigenvalue weighted by Gasteiger charge is 2.17. The van der Waals surface area contributed by atoms with Crippen LogP contribution in [0.2, 0.25) is 0 Å². The van der Waals surface area contributed by atoms with E-state index in [1.807, 2.05) is 42.5 Å². The third kappa shape index (κ3) is 3.03. The molecule has 3 rings (SSSR count). The van der Waals surface area contributed by atoms with Gasteiger partial charge in [-0.1, -0.05) is 60.7 Å². The molecule has 0 spiro atoms. The summed E-state index contributed by atoms with van der Waals surface area (Å²) < 4.78 is 19.2. The first-order valence-electron chi connectivity index (χ1n) is 7.03. The first-order valence-corrected chi connectivity index (χ1v) is 8.37. The Hall–Kier alpha value is -2.18. The van der Waals surface area contributed by atoms with Crippen molar-refractivity contribution in [1.82, 2.24) is 0 Å². The third-order valence-corrected chi connectivity index (χ3v) is 5.85. The Labute approximate surface area is 131 Å². The van der Waals surface area contributed by atoms with E-state index in [1.54, 1.807) is 12.1 Å². The molecule has 0 radical (unpaired) electrons. The van der Waals surface area contributed by atoms with E-state index >= 15 is 0 Å². The molecule has 1 nitrogen and oxygen atoms in total. The Bertz CT molecular complexity index is 704. The Balaban J connectivity index is 2.12. The van der Waals surface area contributed by atoms with Crippen LogP contribution in [0.4, 0.5) is 4.39 Å². The first-order chi connectivity index (χ1) is 10.8. The van der Waals surface area contributed by atoms with Gasteiger partial charge in [-0.25, -0.2) is 4.39 Å². The summed E-state index contributed by atoms with van der Waals surface area (Å²) in [5.41, 5.74) is 0. The first kappa shape index (κ1) is 14.7. The Morgan fingerprint density at radius 3 is 1.73 bits per heavy atom. The van der Waals surface area contributed by atoms with Crippen molar-refractivity contribution < 1.29 is 9.13 Å². The number of hydrogen-bond donors (Lipinski definition) is 0. The summed E-state index contributed by atoms with van der Waals surface area (Å²) in [4.78, 5) is 0. The zero-order valence-electron chi connectivity index (χ0n) is 12.2. The summed E-state index contributed by atoms with van der Waals surface area (Å²) in [6.07, 6.45) is 0. The van der Waals surface area contributed by atoms with Gasteiger partial charge in [-0.3, -0.25) is 0 Å². The summed E-state index contributed by atoms with van der Waals surface area (Å²) in [5.74, 6) is -0.0424. The number of methoxy groups -OCH3 is 1. The van der Waals surface area contributed by atoms with Gasteiger partial charge in [-0.2, -0.15) is 0 Å². The van der Waals surface area contributed by atoms with Crippen LogP contribution in [0, 0.1) is 5.82 Å². The number of ether oxygens (including phenoxy) is 1. The largest absolute Gasteiger partial charge is 0.494 e. The minimum absolute atomic E-state index is 0.278. The van der Waals surface area contributed by atoms with Gasteiger partial charge in [0.25, 0.3) is 0 Å². The van der Waals surface area contributed by atoms with E-state index in [0.717, 1.165) is 5.30 Å². The molecular formula is C19H16FOP. The van der Waals surface area contributed by atoms with Crippen LogP contribution in [-0.4, -0.2) is 7.11 Å². The molecule has 0 bridgehead atoms. The standard InChI is InChI=1S/C19H16FOP/c1-21-19-13-12-17(14-18(19)20)22(15-8-4-2-5-9-15)16-10-6-3-7-11-16/h2-14H,1H3. The molecule has 0 amide bonds. The predicted octanol–water partition coefficient (Wildman–Crippen LogP) is 3.59. The summed E-state index contributed by atoms with van der Waals surface area (Å²) in [6.45, 7) is 0. The highest BCUT2D eigenvalue weighted by molar-refractivity contribution is 7.79. The molecule has 0 unspecified atom stereocenters. The molecule has 0 aliphatic rings. The molecule has 0 saturated carbocycles. The molecule has 110 valence electrons. The lowest BCUT2D eigenvalue weighted by Gasteiger charge is -2.19. The average Bonchev–Trinajstić information content (AvgIpc) is 2.57. The molecule has 0 saturated heterocycles. The molecule has 0 atom stereocenters. The van der Waals surface area contributed by atoms with Crippen LogP contribution in [0.25, 0.3) is 0 Å². The van der Waals surface area contributed by atoms with Crippen LogP contribution in [0.5, 0.6) is 5.75 Å². The number of hydrogen-bond acceptors (Lipinski definition) is 1. The van der Waals surface area contributed by atoms with Gasteiger partial charge in [-0.05, 0) is 42.0 Å². The average molecular weight is 310 g/mol. The minimum Gasteiger partial charge on any atom is -0.494 e. The van der Waals surface area contributed by atoms with Gasteiger partial charge >= 0.3 is 0 Å². The molecule has 0 aliphatic carbocycles. The third-order valence-electron chi connectivity index (χ3n) is 3.42. The molecule has 3 aromatic rings. The molecule has 3 heteroatoms. The zero-order chi connectivity index (χ0) is 15.4. The van der Waals surface area contributed by atoms with Crippen molar-refractivity contribution in [3.8, 4) is 5.75 Å². The minimum atomic E-state index is -0.775. The molecule has 22 heavy (non-hydrogen) atoms. The summed E-state index contributed by atoms with van der Waals surface area (Å²) in [5, 5.41) is 3.38. The predicted molar refractivity (Wildman–Crippen MR) is 91.7 cm³/mol. The van der Waals surface area contributed by atoms with Crippen LogP contribution < -0.4 is 20.7 Å². The summed E-state index contributed by atoms with van der Waals surface area (Å²) in [7, 11) is 0.706. The maximum absolute atomic E-state index is 14.1. The fraction of sp³-hybridized carbons (Fsp3) is 0.0526. The van der Waals surface area contributed by atoms with Crippen LogP contribution in [-0.2, 0) is 0 Å². The van der Waals surface area contributed by atoms with Gasteiger partial charge in [0.1, 0.15) is 0 Å². The van der Waals surface area contributed by atoms with Gasteiger partial charge in [0.15, 0.2) is 11.6 Å². The molecular weight excluding hydrogens is 294 g/mol. The molecule has 0 aliphatic heterocycles. The maximum atomic E-state index is 14.1. The van der Waals surface area contributed by atoms with Crippen LogP contribution in [0.1, 0.15) is 0 Å². The molecule has 0 heterocycles. The van der Waals surface area contributed by atoms with Crippen molar-refractivity contribution in [2.75, 3.05) is 7.11 Å². The van der Waals surface area contributed by atoms with Crippen LogP contribution in [0.15, 0.2) is 78.9 Å². The van der Waals surface area contributed by atoms with Gasteiger partial charge in [0, 0.05) is 0 Å².